The van der Waals surface area contributed by atoms with E-state index >= 15 is 0 Å². The third kappa shape index (κ3) is 5.89. The molecule has 2 atom stereocenters. The van der Waals surface area contributed by atoms with Crippen molar-refractivity contribution in [3.63, 3.8) is 0 Å². The molecule has 0 aliphatic heterocycles. The summed E-state index contributed by atoms with van der Waals surface area (Å²) >= 11 is 0. The molecule has 0 spiro atoms. The summed E-state index contributed by atoms with van der Waals surface area (Å²) in [7, 11) is 0. The molecule has 0 aliphatic rings. The van der Waals surface area contributed by atoms with Gasteiger partial charge in [-0.05, 0) is 26.7 Å². The minimum absolute atomic E-state index is 0.0162. The highest BCUT2D eigenvalue weighted by Gasteiger charge is 2.21. The first-order valence-corrected chi connectivity index (χ1v) is 6.75. The van der Waals surface area contributed by atoms with Crippen molar-refractivity contribution in [2.24, 2.45) is 0 Å². The number of nitrogens with one attached hydrogen (secondary N) is 1. The molecule has 5 nitrogen and oxygen atoms in total. The number of carbonyl (C=O) groups is 2. The first-order valence-electron chi connectivity index (χ1n) is 6.75. The predicted octanol–water partition coefficient (Wildman–Crippen LogP) is 2.46. The predicted molar refractivity (Wildman–Crippen MR) is 71.6 cm³/mol. The second-order valence-electron chi connectivity index (χ2n) is 4.58. The molecule has 0 aromatic rings. The normalized spacial score (nSPS) is 13.8. The molecule has 2 unspecified atom stereocenters. The summed E-state index contributed by atoms with van der Waals surface area (Å²) in [5.74, 6) is -0.875. The minimum Gasteiger partial charge on any atom is -0.481 e. The lowest BCUT2D eigenvalue weighted by Crippen LogP contribution is -2.48. The molecule has 106 valence electrons. The van der Waals surface area contributed by atoms with Crippen LogP contribution in [-0.2, 0) is 4.79 Å². The summed E-state index contributed by atoms with van der Waals surface area (Å²) in [4.78, 5) is 24.5. The zero-order valence-corrected chi connectivity index (χ0v) is 11.9. The van der Waals surface area contributed by atoms with Gasteiger partial charge in [0.25, 0.3) is 0 Å². The molecule has 0 aromatic heterocycles. The maximum atomic E-state index is 12.1. The van der Waals surface area contributed by atoms with Gasteiger partial charge in [0.05, 0.1) is 6.42 Å². The van der Waals surface area contributed by atoms with Crippen LogP contribution in [0.4, 0.5) is 4.79 Å². The lowest BCUT2D eigenvalue weighted by atomic mass is 10.1. The number of urea groups is 1. The maximum absolute atomic E-state index is 12.1. The van der Waals surface area contributed by atoms with Gasteiger partial charge in [0.15, 0.2) is 0 Å². The van der Waals surface area contributed by atoms with E-state index in [1.54, 1.807) is 4.90 Å². The Bertz CT molecular complexity index is 269. The third-order valence-corrected chi connectivity index (χ3v) is 3.11. The molecule has 2 amide bonds. The second-order valence-corrected chi connectivity index (χ2v) is 4.58. The van der Waals surface area contributed by atoms with E-state index in [2.05, 4.69) is 5.32 Å². The summed E-state index contributed by atoms with van der Waals surface area (Å²) in [6.07, 6.45) is 2.42. The van der Waals surface area contributed by atoms with E-state index in [-0.39, 0.29) is 24.5 Å². The Morgan fingerprint density at radius 1 is 1.28 bits per heavy atom. The number of amides is 2. The fourth-order valence-electron chi connectivity index (χ4n) is 1.92. The van der Waals surface area contributed by atoms with Gasteiger partial charge < -0.3 is 15.3 Å². The number of carbonyl (C=O) groups excluding carboxylic acids is 1. The summed E-state index contributed by atoms with van der Waals surface area (Å²) in [5.41, 5.74) is 0. The molecule has 0 fully saturated rings. The summed E-state index contributed by atoms with van der Waals surface area (Å²) in [5, 5.41) is 11.6. The van der Waals surface area contributed by atoms with Crippen LogP contribution in [0, 0.1) is 0 Å². The van der Waals surface area contributed by atoms with Crippen LogP contribution in [0.5, 0.6) is 0 Å². The molecule has 0 bridgehead atoms. The molecule has 0 heterocycles. The van der Waals surface area contributed by atoms with Crippen molar-refractivity contribution < 1.29 is 14.7 Å². The average Bonchev–Trinajstić information content (AvgIpc) is 2.29. The van der Waals surface area contributed by atoms with Gasteiger partial charge in [-0.3, -0.25) is 4.79 Å². The van der Waals surface area contributed by atoms with Gasteiger partial charge in [0.2, 0.25) is 0 Å². The van der Waals surface area contributed by atoms with E-state index < -0.39 is 5.97 Å². The molecule has 18 heavy (non-hydrogen) atoms. The van der Waals surface area contributed by atoms with Gasteiger partial charge in [-0.2, -0.15) is 0 Å². The van der Waals surface area contributed by atoms with Crippen LogP contribution < -0.4 is 5.32 Å². The lowest BCUT2D eigenvalue weighted by Gasteiger charge is -2.29. The average molecular weight is 258 g/mol. The fraction of sp³-hybridized carbons (Fsp3) is 0.846. The van der Waals surface area contributed by atoms with Crippen LogP contribution in [0.3, 0.4) is 0 Å². The van der Waals surface area contributed by atoms with Gasteiger partial charge in [0, 0.05) is 18.6 Å². The van der Waals surface area contributed by atoms with Crippen molar-refractivity contribution in [2.45, 2.75) is 65.5 Å². The number of aliphatic carboxylic acids is 1. The highest BCUT2D eigenvalue weighted by molar-refractivity contribution is 5.76. The van der Waals surface area contributed by atoms with Gasteiger partial charge in [-0.25, -0.2) is 4.79 Å². The standard InChI is InChI=1S/C13H26N2O3/c1-5-8-11(9-12(16)17)14-13(18)15(7-3)10(4)6-2/h10-11H,5-9H2,1-4H3,(H,14,18)(H,16,17). The van der Waals surface area contributed by atoms with Gasteiger partial charge >= 0.3 is 12.0 Å². The van der Waals surface area contributed by atoms with Crippen LogP contribution in [0.25, 0.3) is 0 Å². The molecule has 5 heteroatoms. The summed E-state index contributed by atoms with van der Waals surface area (Å²) < 4.78 is 0. The first-order chi connectivity index (χ1) is 8.46. The van der Waals surface area contributed by atoms with Crippen molar-refractivity contribution >= 4 is 12.0 Å². The van der Waals surface area contributed by atoms with E-state index in [1.807, 2.05) is 27.7 Å². The molecular weight excluding hydrogens is 232 g/mol. The van der Waals surface area contributed by atoms with Crippen LogP contribution in [-0.4, -0.2) is 40.6 Å². The molecule has 0 saturated carbocycles. The SMILES string of the molecule is CCCC(CC(=O)O)NC(=O)N(CC)C(C)CC. The zero-order chi connectivity index (χ0) is 14.1. The van der Waals surface area contributed by atoms with Crippen LogP contribution in [0.15, 0.2) is 0 Å². The van der Waals surface area contributed by atoms with Crippen LogP contribution in [0.2, 0.25) is 0 Å². The number of nitrogens with zero attached hydrogens (tertiary/aromatic N) is 1. The molecule has 0 aromatic carbocycles. The second kappa shape index (κ2) is 8.78. The molecule has 0 saturated heterocycles. The maximum Gasteiger partial charge on any atom is 0.317 e. The van der Waals surface area contributed by atoms with E-state index in [4.69, 9.17) is 5.11 Å². The Morgan fingerprint density at radius 3 is 2.28 bits per heavy atom. The fourth-order valence-corrected chi connectivity index (χ4v) is 1.92. The molecule has 2 N–H and O–H groups in total. The molecular formula is C13H26N2O3. The topological polar surface area (TPSA) is 69.6 Å². The lowest BCUT2D eigenvalue weighted by molar-refractivity contribution is -0.137. The van der Waals surface area contributed by atoms with Crippen molar-refractivity contribution in [2.75, 3.05) is 6.54 Å². The Kier molecular flexibility index (Phi) is 8.16. The number of rotatable bonds is 8. The van der Waals surface area contributed by atoms with Gasteiger partial charge in [-0.15, -0.1) is 0 Å². The Balaban J connectivity index is 4.50. The van der Waals surface area contributed by atoms with E-state index in [9.17, 15) is 9.59 Å². The van der Waals surface area contributed by atoms with Crippen molar-refractivity contribution in [3.8, 4) is 0 Å². The first kappa shape index (κ1) is 16.7. The number of hydrogen-bond acceptors (Lipinski definition) is 2. The summed E-state index contributed by atoms with van der Waals surface area (Å²) in [6, 6.07) is -0.272. The van der Waals surface area contributed by atoms with Crippen molar-refractivity contribution in [3.05, 3.63) is 0 Å². The number of carboxylic acids is 1. The highest BCUT2D eigenvalue weighted by atomic mass is 16.4. The van der Waals surface area contributed by atoms with Crippen LogP contribution in [0.1, 0.15) is 53.4 Å². The highest BCUT2D eigenvalue weighted by Crippen LogP contribution is 2.07. The molecule has 0 rings (SSSR count). The minimum atomic E-state index is -0.875. The monoisotopic (exact) mass is 258 g/mol. The van der Waals surface area contributed by atoms with Gasteiger partial charge in [0.1, 0.15) is 0 Å². The zero-order valence-electron chi connectivity index (χ0n) is 11.9. The number of carboxylic acid groups (broad SMARTS) is 1. The number of hydrogen-bond donors (Lipinski definition) is 2. The Morgan fingerprint density at radius 2 is 1.89 bits per heavy atom. The molecule has 0 aliphatic carbocycles. The van der Waals surface area contributed by atoms with Crippen molar-refractivity contribution in [1.29, 1.82) is 0 Å². The largest absolute Gasteiger partial charge is 0.481 e. The van der Waals surface area contributed by atoms with Gasteiger partial charge in [-0.1, -0.05) is 20.3 Å². The molecule has 0 radical (unpaired) electrons. The van der Waals surface area contributed by atoms with E-state index in [0.29, 0.717) is 13.0 Å². The quantitative estimate of drug-likeness (QED) is 0.702. The van der Waals surface area contributed by atoms with E-state index in [0.717, 1.165) is 12.8 Å². The summed E-state index contributed by atoms with van der Waals surface area (Å²) in [6.45, 7) is 8.56. The smallest absolute Gasteiger partial charge is 0.317 e. The van der Waals surface area contributed by atoms with E-state index in [1.165, 1.54) is 0 Å². The Hall–Kier alpha value is -1.26. The van der Waals surface area contributed by atoms with Crippen LogP contribution >= 0.6 is 0 Å². The Labute approximate surface area is 110 Å². The third-order valence-electron chi connectivity index (χ3n) is 3.11. The van der Waals surface area contributed by atoms with Crippen molar-refractivity contribution in [1.82, 2.24) is 10.2 Å².